The Kier molecular flexibility index (Phi) is 5.04. The largest absolute Gasteiger partial charge is 0.508 e. The Morgan fingerprint density at radius 1 is 1.19 bits per heavy atom. The van der Waals surface area contributed by atoms with E-state index in [-0.39, 0.29) is 23.1 Å². The molecular weight excluding hydrogens is 350 g/mol. The van der Waals surface area contributed by atoms with Crippen molar-refractivity contribution in [3.63, 3.8) is 0 Å². The highest BCUT2D eigenvalue weighted by Gasteiger charge is 2.14. The van der Waals surface area contributed by atoms with E-state index in [1.165, 1.54) is 17.7 Å². The Bertz CT molecular complexity index is 1100. The van der Waals surface area contributed by atoms with E-state index < -0.39 is 5.69 Å². The molecule has 0 aliphatic heterocycles. The summed E-state index contributed by atoms with van der Waals surface area (Å²) < 4.78 is 4.16. The summed E-state index contributed by atoms with van der Waals surface area (Å²) in [7, 11) is 3.04. The average Bonchev–Trinajstić information content (AvgIpc) is 3.04. The fraction of sp³-hybridized carbons (Fsp3) is 0.389. The van der Waals surface area contributed by atoms with E-state index in [4.69, 9.17) is 0 Å². The third kappa shape index (κ3) is 3.59. The number of nitrogens with zero attached hydrogens (tertiary/aromatic N) is 4. The predicted octanol–water partition coefficient (Wildman–Crippen LogP) is 0.0657. The number of aryl methyl sites for hydroxylation is 1. The summed E-state index contributed by atoms with van der Waals surface area (Å²) in [6.07, 6.45) is 2.15. The summed E-state index contributed by atoms with van der Waals surface area (Å²) in [5, 5.41) is 22.6. The van der Waals surface area contributed by atoms with Crippen molar-refractivity contribution in [2.45, 2.75) is 25.9 Å². The Morgan fingerprint density at radius 2 is 1.93 bits per heavy atom. The third-order valence-electron chi connectivity index (χ3n) is 4.66. The number of nitrogens with one attached hydrogen (secondary N) is 1. The second-order valence-electron chi connectivity index (χ2n) is 6.69. The lowest BCUT2D eigenvalue weighted by atomic mass is 10.1. The second kappa shape index (κ2) is 7.28. The van der Waals surface area contributed by atoms with Gasteiger partial charge in [0.1, 0.15) is 11.5 Å². The zero-order chi connectivity index (χ0) is 19.7. The molecule has 9 nitrogen and oxygen atoms in total. The molecule has 0 aliphatic carbocycles. The molecule has 27 heavy (non-hydrogen) atoms. The van der Waals surface area contributed by atoms with Crippen molar-refractivity contribution in [3.05, 3.63) is 50.9 Å². The summed E-state index contributed by atoms with van der Waals surface area (Å²) in [5.41, 5.74) is 0.728. The monoisotopic (exact) mass is 373 g/mol. The van der Waals surface area contributed by atoms with Gasteiger partial charge in [-0.25, -0.2) is 9.78 Å². The van der Waals surface area contributed by atoms with Gasteiger partial charge in [-0.15, -0.1) is 0 Å². The van der Waals surface area contributed by atoms with Crippen molar-refractivity contribution >= 4 is 11.2 Å². The minimum absolute atomic E-state index is 0.0276. The van der Waals surface area contributed by atoms with Crippen LogP contribution in [0.25, 0.3) is 11.2 Å². The molecule has 2 heterocycles. The van der Waals surface area contributed by atoms with Gasteiger partial charge in [-0.3, -0.25) is 13.9 Å². The zero-order valence-corrected chi connectivity index (χ0v) is 15.5. The number of hydrogen-bond donors (Lipinski definition) is 3. The van der Waals surface area contributed by atoms with E-state index in [0.717, 1.165) is 10.1 Å². The van der Waals surface area contributed by atoms with Gasteiger partial charge in [0.25, 0.3) is 5.56 Å². The van der Waals surface area contributed by atoms with Gasteiger partial charge in [-0.1, -0.05) is 6.07 Å². The van der Waals surface area contributed by atoms with Crippen LogP contribution in [0.2, 0.25) is 0 Å². The van der Waals surface area contributed by atoms with E-state index in [2.05, 4.69) is 10.3 Å². The van der Waals surface area contributed by atoms with Crippen LogP contribution in [-0.2, 0) is 27.1 Å². The number of fused-ring (bicyclic) bond motifs is 1. The van der Waals surface area contributed by atoms with Crippen LogP contribution in [0.4, 0.5) is 0 Å². The number of benzene rings is 1. The summed E-state index contributed by atoms with van der Waals surface area (Å²) in [4.78, 5) is 28.6. The molecule has 144 valence electrons. The van der Waals surface area contributed by atoms with Gasteiger partial charge in [0.05, 0.1) is 6.33 Å². The molecule has 9 heteroatoms. The molecule has 2 aromatic heterocycles. The highest BCUT2D eigenvalue weighted by molar-refractivity contribution is 5.69. The lowest BCUT2D eigenvalue weighted by Crippen LogP contribution is -2.38. The van der Waals surface area contributed by atoms with Crippen LogP contribution in [0.3, 0.4) is 0 Å². The lowest BCUT2D eigenvalue weighted by Gasteiger charge is -2.15. The highest BCUT2D eigenvalue weighted by Crippen LogP contribution is 2.23. The summed E-state index contributed by atoms with van der Waals surface area (Å²) in [6, 6.07) is 4.62. The van der Waals surface area contributed by atoms with Crippen molar-refractivity contribution in [2.75, 3.05) is 6.54 Å². The molecular formula is C18H23N5O4. The maximum Gasteiger partial charge on any atom is 0.332 e. The molecule has 0 radical (unpaired) electrons. The number of phenolic OH excluding ortho intramolecular Hbond substituents is 2. The molecule has 0 fully saturated rings. The van der Waals surface area contributed by atoms with E-state index in [1.54, 1.807) is 30.1 Å². The average molecular weight is 373 g/mol. The summed E-state index contributed by atoms with van der Waals surface area (Å²) >= 11 is 0. The Morgan fingerprint density at radius 3 is 2.63 bits per heavy atom. The smallest absolute Gasteiger partial charge is 0.332 e. The SMILES string of the molecule is CC(Cc1ccc(O)cc1O)NCCn1cnc2c1c(=O)n(C)c(=O)n2C. The normalized spacial score (nSPS) is 12.6. The van der Waals surface area contributed by atoms with Crippen LogP contribution in [0, 0.1) is 0 Å². The fourth-order valence-corrected chi connectivity index (χ4v) is 3.12. The van der Waals surface area contributed by atoms with Gasteiger partial charge < -0.3 is 20.1 Å². The first-order valence-corrected chi connectivity index (χ1v) is 8.64. The van der Waals surface area contributed by atoms with Crippen molar-refractivity contribution in [1.29, 1.82) is 0 Å². The second-order valence-corrected chi connectivity index (χ2v) is 6.69. The quantitative estimate of drug-likeness (QED) is 0.563. The molecule has 1 aromatic carbocycles. The van der Waals surface area contributed by atoms with Crippen LogP contribution < -0.4 is 16.6 Å². The molecule has 0 amide bonds. The van der Waals surface area contributed by atoms with Gasteiger partial charge in [0.2, 0.25) is 0 Å². The number of hydrogen-bond acceptors (Lipinski definition) is 6. The first kappa shape index (κ1) is 18.7. The van der Waals surface area contributed by atoms with Gasteiger partial charge in [0, 0.05) is 39.3 Å². The molecule has 1 atom stereocenters. The molecule has 0 saturated heterocycles. The minimum atomic E-state index is -0.404. The highest BCUT2D eigenvalue weighted by atomic mass is 16.3. The zero-order valence-electron chi connectivity index (χ0n) is 15.5. The minimum Gasteiger partial charge on any atom is -0.508 e. The van der Waals surface area contributed by atoms with Crippen LogP contribution in [-0.4, -0.2) is 41.5 Å². The van der Waals surface area contributed by atoms with E-state index in [0.29, 0.717) is 30.7 Å². The van der Waals surface area contributed by atoms with Crippen molar-refractivity contribution in [3.8, 4) is 11.5 Å². The Labute approximate surface area is 155 Å². The fourth-order valence-electron chi connectivity index (χ4n) is 3.12. The van der Waals surface area contributed by atoms with Gasteiger partial charge in [0.15, 0.2) is 11.2 Å². The molecule has 0 spiro atoms. The van der Waals surface area contributed by atoms with Gasteiger partial charge in [-0.2, -0.15) is 0 Å². The molecule has 0 bridgehead atoms. The van der Waals surface area contributed by atoms with Gasteiger partial charge >= 0.3 is 5.69 Å². The molecule has 3 N–H and O–H groups in total. The first-order chi connectivity index (χ1) is 12.8. The maximum absolute atomic E-state index is 12.4. The molecule has 3 aromatic rings. The standard InChI is InChI=1S/C18H23N5O4/c1-11(8-12-4-5-13(24)9-14(12)25)19-6-7-23-10-20-16-15(23)17(26)22(3)18(27)21(16)2/h4-5,9-11,19,24-25H,6-8H2,1-3H3. The number of aromatic nitrogens is 4. The number of imidazole rings is 1. The summed E-state index contributed by atoms with van der Waals surface area (Å²) in [6.45, 7) is 3.08. The number of rotatable bonds is 6. The predicted molar refractivity (Wildman–Crippen MR) is 101 cm³/mol. The topological polar surface area (TPSA) is 114 Å². The van der Waals surface area contributed by atoms with Crippen LogP contribution in [0.1, 0.15) is 12.5 Å². The van der Waals surface area contributed by atoms with Crippen molar-refractivity contribution in [2.24, 2.45) is 14.1 Å². The van der Waals surface area contributed by atoms with Gasteiger partial charge in [-0.05, 0) is 25.0 Å². The van der Waals surface area contributed by atoms with E-state index in [1.807, 2.05) is 6.92 Å². The molecule has 1 unspecified atom stereocenters. The summed E-state index contributed by atoms with van der Waals surface area (Å²) in [5.74, 6) is 0.0912. The molecule has 3 rings (SSSR count). The molecule has 0 aliphatic rings. The van der Waals surface area contributed by atoms with E-state index in [9.17, 15) is 19.8 Å². The van der Waals surface area contributed by atoms with Crippen LogP contribution >= 0.6 is 0 Å². The third-order valence-corrected chi connectivity index (χ3v) is 4.66. The number of phenols is 2. The Balaban J connectivity index is 1.69. The van der Waals surface area contributed by atoms with Crippen LogP contribution in [0.15, 0.2) is 34.1 Å². The first-order valence-electron chi connectivity index (χ1n) is 8.64. The molecule has 0 saturated carbocycles. The van der Waals surface area contributed by atoms with E-state index >= 15 is 0 Å². The maximum atomic E-state index is 12.4. The number of aromatic hydroxyl groups is 2. The van der Waals surface area contributed by atoms with Crippen LogP contribution in [0.5, 0.6) is 11.5 Å². The van der Waals surface area contributed by atoms with Crippen molar-refractivity contribution < 1.29 is 10.2 Å². The lowest BCUT2D eigenvalue weighted by molar-refractivity contribution is 0.440. The Hall–Kier alpha value is -3.07. The van der Waals surface area contributed by atoms with Crippen molar-refractivity contribution in [1.82, 2.24) is 24.0 Å².